The Hall–Kier alpha value is -0.420. The Morgan fingerprint density at radius 1 is 1.29 bits per heavy atom. The first-order valence-electron chi connectivity index (χ1n) is 5.70. The molecule has 1 aromatic carbocycles. The molecule has 1 atom stereocenters. The molecule has 3 nitrogen and oxygen atoms in total. The first kappa shape index (κ1) is 13.0. The van der Waals surface area contributed by atoms with E-state index in [0.717, 1.165) is 31.0 Å². The lowest BCUT2D eigenvalue weighted by molar-refractivity contribution is 0.240. The lowest BCUT2D eigenvalue weighted by atomic mass is 9.90. The highest BCUT2D eigenvalue weighted by Crippen LogP contribution is 2.28. The van der Waals surface area contributed by atoms with Gasteiger partial charge in [0.15, 0.2) is 11.1 Å². The molecule has 17 heavy (non-hydrogen) atoms. The Bertz CT molecular complexity index is 388. The van der Waals surface area contributed by atoms with Gasteiger partial charge >= 0.3 is 0 Å². The molecule has 2 rings (SSSR count). The highest BCUT2D eigenvalue weighted by molar-refractivity contribution is 7.79. The number of likely N-dealkylation sites (tertiary alicyclic amines) is 1. The average molecular weight is 274 g/mol. The van der Waals surface area contributed by atoms with Crippen molar-refractivity contribution in [2.45, 2.75) is 18.8 Å². The third-order valence-corrected chi connectivity index (χ3v) is 4.06. The third kappa shape index (κ3) is 3.78. The largest absolute Gasteiger partial charge is 0.305 e. The molecule has 94 valence electrons. The van der Waals surface area contributed by atoms with Crippen molar-refractivity contribution >= 4 is 22.7 Å². The number of piperidine rings is 1. The second kappa shape index (κ2) is 5.96. The smallest absolute Gasteiger partial charge is 0.167 e. The van der Waals surface area contributed by atoms with E-state index in [1.54, 1.807) is 0 Å². The summed E-state index contributed by atoms with van der Waals surface area (Å²) >= 11 is 4.15. The van der Waals surface area contributed by atoms with E-state index in [0.29, 0.717) is 5.92 Å². The highest BCUT2D eigenvalue weighted by atomic mass is 35.5. The molecule has 0 spiro atoms. The van der Waals surface area contributed by atoms with E-state index < -0.39 is 11.1 Å². The SMILES string of the molecule is O=S(O)CN1CCC(c2ccc(Cl)cc2)CC1. The van der Waals surface area contributed by atoms with Crippen molar-refractivity contribution in [2.75, 3.05) is 19.0 Å². The molecule has 1 aromatic rings. The quantitative estimate of drug-likeness (QED) is 0.861. The first-order chi connectivity index (χ1) is 8.15. The monoisotopic (exact) mass is 273 g/mol. The predicted molar refractivity (Wildman–Crippen MR) is 70.6 cm³/mol. The van der Waals surface area contributed by atoms with Crippen LogP contribution in [-0.4, -0.2) is 32.6 Å². The lowest BCUT2D eigenvalue weighted by Gasteiger charge is -2.31. The van der Waals surface area contributed by atoms with Crippen LogP contribution in [0, 0.1) is 0 Å². The van der Waals surface area contributed by atoms with Crippen molar-refractivity contribution in [1.82, 2.24) is 4.90 Å². The minimum absolute atomic E-state index is 0.271. The fraction of sp³-hybridized carbons (Fsp3) is 0.500. The molecule has 1 heterocycles. The number of hydrogen-bond acceptors (Lipinski definition) is 2. The van der Waals surface area contributed by atoms with Gasteiger partial charge in [-0.3, -0.25) is 4.90 Å². The number of halogens is 1. The van der Waals surface area contributed by atoms with E-state index in [1.807, 2.05) is 17.0 Å². The van der Waals surface area contributed by atoms with Gasteiger partial charge in [0.2, 0.25) is 0 Å². The molecule has 0 radical (unpaired) electrons. The zero-order valence-corrected chi connectivity index (χ0v) is 11.1. The van der Waals surface area contributed by atoms with Crippen LogP contribution in [0.5, 0.6) is 0 Å². The minimum Gasteiger partial charge on any atom is -0.305 e. The number of rotatable bonds is 3. The summed E-state index contributed by atoms with van der Waals surface area (Å²) in [5.41, 5.74) is 1.32. The lowest BCUT2D eigenvalue weighted by Crippen LogP contribution is -2.35. The van der Waals surface area contributed by atoms with E-state index in [1.165, 1.54) is 5.56 Å². The summed E-state index contributed by atoms with van der Waals surface area (Å²) in [6.45, 7) is 1.78. The van der Waals surface area contributed by atoms with Gasteiger partial charge in [-0.25, -0.2) is 4.21 Å². The van der Waals surface area contributed by atoms with E-state index in [2.05, 4.69) is 12.1 Å². The Morgan fingerprint density at radius 3 is 2.41 bits per heavy atom. The van der Waals surface area contributed by atoms with Crippen LogP contribution in [0.15, 0.2) is 24.3 Å². The van der Waals surface area contributed by atoms with Gasteiger partial charge in [0.1, 0.15) is 5.88 Å². The molecule has 5 heteroatoms. The summed E-state index contributed by atoms with van der Waals surface area (Å²) in [5, 5.41) is 0.766. The molecule has 0 amide bonds. The van der Waals surface area contributed by atoms with Crippen LogP contribution in [0.1, 0.15) is 24.3 Å². The molecule has 1 fully saturated rings. The second-order valence-corrected chi connectivity index (χ2v) is 5.73. The molecule has 0 bridgehead atoms. The van der Waals surface area contributed by atoms with Crippen LogP contribution < -0.4 is 0 Å². The zero-order valence-electron chi connectivity index (χ0n) is 9.51. The van der Waals surface area contributed by atoms with Gasteiger partial charge in [-0.15, -0.1) is 0 Å². The summed E-state index contributed by atoms with van der Waals surface area (Å²) in [6.07, 6.45) is 2.08. The molecule has 0 aromatic heterocycles. The Labute approximate surface area is 109 Å². The molecule has 1 unspecified atom stereocenters. The van der Waals surface area contributed by atoms with E-state index in [9.17, 15) is 4.21 Å². The Morgan fingerprint density at radius 2 is 1.88 bits per heavy atom. The summed E-state index contributed by atoms with van der Waals surface area (Å²) in [6, 6.07) is 8.00. The minimum atomic E-state index is -1.71. The molecule has 1 aliphatic rings. The maximum Gasteiger partial charge on any atom is 0.167 e. The average Bonchev–Trinajstić information content (AvgIpc) is 2.30. The van der Waals surface area contributed by atoms with Crippen molar-refractivity contribution in [3.05, 3.63) is 34.9 Å². The fourth-order valence-electron chi connectivity index (χ4n) is 2.29. The van der Waals surface area contributed by atoms with Gasteiger partial charge in [-0.05, 0) is 49.5 Å². The van der Waals surface area contributed by atoms with Gasteiger partial charge in [0, 0.05) is 5.02 Å². The van der Waals surface area contributed by atoms with Crippen LogP contribution >= 0.6 is 11.6 Å². The van der Waals surface area contributed by atoms with Crippen molar-refractivity contribution in [3.8, 4) is 0 Å². The number of hydrogen-bond donors (Lipinski definition) is 1. The predicted octanol–water partition coefficient (Wildman–Crippen LogP) is 2.70. The van der Waals surface area contributed by atoms with Crippen molar-refractivity contribution in [2.24, 2.45) is 0 Å². The Balaban J connectivity index is 1.90. The van der Waals surface area contributed by atoms with Gasteiger partial charge in [0.25, 0.3) is 0 Å². The van der Waals surface area contributed by atoms with Crippen LogP contribution in [0.25, 0.3) is 0 Å². The van der Waals surface area contributed by atoms with Crippen LogP contribution in [0.2, 0.25) is 5.02 Å². The maximum atomic E-state index is 10.7. The van der Waals surface area contributed by atoms with E-state index in [-0.39, 0.29) is 5.88 Å². The molecule has 1 aliphatic heterocycles. The van der Waals surface area contributed by atoms with Crippen molar-refractivity contribution < 1.29 is 8.76 Å². The zero-order chi connectivity index (χ0) is 12.3. The third-order valence-electron chi connectivity index (χ3n) is 3.22. The maximum absolute atomic E-state index is 10.7. The van der Waals surface area contributed by atoms with Gasteiger partial charge < -0.3 is 4.55 Å². The summed E-state index contributed by atoms with van der Waals surface area (Å²) in [5.74, 6) is 0.823. The van der Waals surface area contributed by atoms with Crippen molar-refractivity contribution in [3.63, 3.8) is 0 Å². The normalized spacial score (nSPS) is 20.4. The van der Waals surface area contributed by atoms with Crippen molar-refractivity contribution in [1.29, 1.82) is 0 Å². The molecule has 0 aliphatic carbocycles. The van der Waals surface area contributed by atoms with Crippen LogP contribution in [0.4, 0.5) is 0 Å². The summed E-state index contributed by atoms with van der Waals surface area (Å²) in [4.78, 5) is 2.04. The molecule has 1 saturated heterocycles. The number of nitrogens with zero attached hydrogens (tertiary/aromatic N) is 1. The topological polar surface area (TPSA) is 40.5 Å². The Kier molecular flexibility index (Phi) is 4.56. The fourth-order valence-corrected chi connectivity index (χ4v) is 2.98. The van der Waals surface area contributed by atoms with Gasteiger partial charge in [0.05, 0.1) is 0 Å². The second-order valence-electron chi connectivity index (χ2n) is 4.39. The first-order valence-corrected chi connectivity index (χ1v) is 7.36. The van der Waals surface area contributed by atoms with E-state index in [4.69, 9.17) is 16.2 Å². The molecule has 0 saturated carbocycles. The summed E-state index contributed by atoms with van der Waals surface area (Å²) in [7, 11) is 0. The van der Waals surface area contributed by atoms with Crippen LogP contribution in [-0.2, 0) is 11.1 Å². The molecular weight excluding hydrogens is 258 g/mol. The molecular formula is C12H16ClNO2S. The molecule has 1 N–H and O–H groups in total. The van der Waals surface area contributed by atoms with Crippen LogP contribution in [0.3, 0.4) is 0 Å². The summed E-state index contributed by atoms with van der Waals surface area (Å²) < 4.78 is 19.5. The van der Waals surface area contributed by atoms with E-state index >= 15 is 0 Å². The van der Waals surface area contributed by atoms with Gasteiger partial charge in [-0.1, -0.05) is 23.7 Å². The standard InChI is InChI=1S/C12H16ClNO2S/c13-12-3-1-10(2-4-12)11-5-7-14(8-6-11)9-17(15)16/h1-4,11H,5-9H2,(H,15,16). The highest BCUT2D eigenvalue weighted by Gasteiger charge is 2.21. The van der Waals surface area contributed by atoms with Gasteiger partial charge in [-0.2, -0.15) is 0 Å². The number of benzene rings is 1.